The molecule has 0 radical (unpaired) electrons. The molecule has 0 aliphatic carbocycles. The topological polar surface area (TPSA) is 41.6 Å². The Bertz CT molecular complexity index is 658. The van der Waals surface area contributed by atoms with Crippen LogP contribution in [0.25, 0.3) is 0 Å². The van der Waals surface area contributed by atoms with Crippen molar-refractivity contribution in [2.45, 2.75) is 56.0 Å². The molecule has 3 fully saturated rings. The third-order valence-electron chi connectivity index (χ3n) is 6.23. The number of nitrogens with one attached hydrogen (secondary N) is 1. The highest BCUT2D eigenvalue weighted by atomic mass is 19.1. The molecule has 1 amide bonds. The van der Waals surface area contributed by atoms with Gasteiger partial charge in [0, 0.05) is 50.8 Å². The van der Waals surface area contributed by atoms with Crippen LogP contribution in [-0.2, 0) is 9.53 Å². The molecule has 4 rings (SSSR count). The van der Waals surface area contributed by atoms with Crippen molar-refractivity contribution in [2.75, 3.05) is 26.3 Å². The Hall–Kier alpha value is -1.53. The van der Waals surface area contributed by atoms with Gasteiger partial charge in [0.05, 0.1) is 5.54 Å². The van der Waals surface area contributed by atoms with Crippen molar-refractivity contribution in [3.8, 4) is 0 Å². The summed E-state index contributed by atoms with van der Waals surface area (Å²) in [5.74, 6) is -1.16. The zero-order valence-electron chi connectivity index (χ0n) is 15.0. The van der Waals surface area contributed by atoms with Crippen molar-refractivity contribution in [2.24, 2.45) is 0 Å². The Kier molecular flexibility index (Phi) is 4.97. The van der Waals surface area contributed by atoms with Crippen LogP contribution in [-0.4, -0.2) is 48.7 Å². The van der Waals surface area contributed by atoms with Crippen molar-refractivity contribution >= 4 is 5.91 Å². The fourth-order valence-corrected chi connectivity index (χ4v) is 4.98. The summed E-state index contributed by atoms with van der Waals surface area (Å²) in [4.78, 5) is 14.7. The van der Waals surface area contributed by atoms with E-state index in [0.29, 0.717) is 24.6 Å². The van der Waals surface area contributed by atoms with Gasteiger partial charge in [0.25, 0.3) is 0 Å². The van der Waals surface area contributed by atoms with Gasteiger partial charge in [0.15, 0.2) is 0 Å². The van der Waals surface area contributed by atoms with Crippen molar-refractivity contribution in [3.05, 3.63) is 35.4 Å². The van der Waals surface area contributed by atoms with Crippen LogP contribution < -0.4 is 5.32 Å². The smallest absolute Gasteiger partial charge is 0.220 e. The lowest BCUT2D eigenvalue weighted by Crippen LogP contribution is -2.53. The number of hydrogen-bond acceptors (Lipinski definition) is 3. The molecule has 4 nitrogen and oxygen atoms in total. The van der Waals surface area contributed by atoms with E-state index >= 15 is 0 Å². The monoisotopic (exact) mass is 364 g/mol. The molecule has 0 aromatic heterocycles. The molecular weight excluding hydrogens is 338 g/mol. The quantitative estimate of drug-likeness (QED) is 0.877. The molecule has 142 valence electrons. The SMILES string of the molecule is O=C1CCCC[C@]2(CN(C3CCOCC3)C[C@H]2c2cc(F)cc(F)c2)N1. The lowest BCUT2D eigenvalue weighted by atomic mass is 9.79. The fourth-order valence-electron chi connectivity index (χ4n) is 4.98. The highest BCUT2D eigenvalue weighted by molar-refractivity contribution is 5.77. The average Bonchev–Trinajstić information content (AvgIpc) is 2.87. The van der Waals surface area contributed by atoms with Crippen LogP contribution in [0.2, 0.25) is 0 Å². The number of carbonyl (C=O) groups excluding carboxylic acids is 1. The summed E-state index contributed by atoms with van der Waals surface area (Å²) in [7, 11) is 0. The maximum Gasteiger partial charge on any atom is 0.220 e. The van der Waals surface area contributed by atoms with Gasteiger partial charge in [-0.3, -0.25) is 9.69 Å². The molecule has 1 aromatic carbocycles. The van der Waals surface area contributed by atoms with E-state index in [4.69, 9.17) is 4.74 Å². The fraction of sp³-hybridized carbons (Fsp3) is 0.650. The van der Waals surface area contributed by atoms with Gasteiger partial charge in [-0.05, 0) is 43.4 Å². The Morgan fingerprint density at radius 3 is 2.58 bits per heavy atom. The van der Waals surface area contributed by atoms with Crippen LogP contribution in [0.4, 0.5) is 8.78 Å². The number of hydrogen-bond donors (Lipinski definition) is 1. The number of benzene rings is 1. The summed E-state index contributed by atoms with van der Waals surface area (Å²) in [6.45, 7) is 2.96. The second kappa shape index (κ2) is 7.24. The van der Waals surface area contributed by atoms with Gasteiger partial charge in [-0.25, -0.2) is 8.78 Å². The zero-order chi connectivity index (χ0) is 18.1. The highest BCUT2D eigenvalue weighted by Crippen LogP contribution is 2.42. The first kappa shape index (κ1) is 17.9. The molecule has 2 atom stereocenters. The van der Waals surface area contributed by atoms with Gasteiger partial charge in [0.1, 0.15) is 11.6 Å². The van der Waals surface area contributed by atoms with Gasteiger partial charge in [-0.1, -0.05) is 6.42 Å². The predicted octanol–water partition coefficient (Wildman–Crippen LogP) is 2.97. The second-order valence-corrected chi connectivity index (χ2v) is 7.94. The van der Waals surface area contributed by atoms with Crippen molar-refractivity contribution in [3.63, 3.8) is 0 Å². The van der Waals surface area contributed by atoms with Gasteiger partial charge in [0.2, 0.25) is 5.91 Å². The van der Waals surface area contributed by atoms with Crippen LogP contribution in [0.1, 0.15) is 50.0 Å². The number of carbonyl (C=O) groups is 1. The molecule has 0 unspecified atom stereocenters. The van der Waals surface area contributed by atoms with Crippen molar-refractivity contribution in [1.82, 2.24) is 10.2 Å². The third kappa shape index (κ3) is 3.49. The Balaban J connectivity index is 1.68. The van der Waals surface area contributed by atoms with Gasteiger partial charge in [-0.15, -0.1) is 0 Å². The van der Waals surface area contributed by atoms with Crippen LogP contribution in [0.15, 0.2) is 18.2 Å². The van der Waals surface area contributed by atoms with E-state index in [0.717, 1.165) is 57.9 Å². The molecule has 3 aliphatic heterocycles. The number of amides is 1. The lowest BCUT2D eigenvalue weighted by Gasteiger charge is -2.36. The normalized spacial score (nSPS) is 31.2. The molecule has 1 spiro atoms. The lowest BCUT2D eigenvalue weighted by molar-refractivity contribution is -0.122. The number of halogens is 2. The first-order valence-corrected chi connectivity index (χ1v) is 9.64. The van der Waals surface area contributed by atoms with Crippen LogP contribution in [0.5, 0.6) is 0 Å². The molecule has 6 heteroatoms. The van der Waals surface area contributed by atoms with E-state index in [-0.39, 0.29) is 11.8 Å². The van der Waals surface area contributed by atoms with E-state index < -0.39 is 17.2 Å². The molecule has 1 N–H and O–H groups in total. The van der Waals surface area contributed by atoms with E-state index in [1.807, 2.05) is 0 Å². The maximum absolute atomic E-state index is 13.9. The maximum atomic E-state index is 13.9. The van der Waals surface area contributed by atoms with Crippen molar-refractivity contribution in [1.29, 1.82) is 0 Å². The molecule has 1 aromatic rings. The molecular formula is C20H26F2N2O2. The van der Waals surface area contributed by atoms with Gasteiger partial charge < -0.3 is 10.1 Å². The number of nitrogens with zero attached hydrogens (tertiary/aromatic N) is 1. The summed E-state index contributed by atoms with van der Waals surface area (Å²) in [5.41, 5.74) is 0.214. The Morgan fingerprint density at radius 2 is 1.85 bits per heavy atom. The summed E-state index contributed by atoms with van der Waals surface area (Å²) < 4.78 is 33.3. The summed E-state index contributed by atoms with van der Waals surface area (Å²) in [5, 5.41) is 3.25. The number of ether oxygens (including phenoxy) is 1. The Labute approximate surface area is 152 Å². The summed E-state index contributed by atoms with van der Waals surface area (Å²) >= 11 is 0. The first-order valence-electron chi connectivity index (χ1n) is 9.64. The largest absolute Gasteiger partial charge is 0.381 e. The van der Waals surface area contributed by atoms with Gasteiger partial charge in [-0.2, -0.15) is 0 Å². The average molecular weight is 364 g/mol. The molecule has 3 saturated heterocycles. The summed E-state index contributed by atoms with van der Waals surface area (Å²) in [6, 6.07) is 4.18. The van der Waals surface area contributed by atoms with Crippen molar-refractivity contribution < 1.29 is 18.3 Å². The molecule has 0 saturated carbocycles. The molecule has 3 aliphatic rings. The van der Waals surface area contributed by atoms with Gasteiger partial charge >= 0.3 is 0 Å². The first-order chi connectivity index (χ1) is 12.6. The third-order valence-corrected chi connectivity index (χ3v) is 6.23. The minimum atomic E-state index is -0.556. The standard InChI is InChI=1S/C20H26F2N2O2/c21-15-9-14(10-16(22)11-15)18-12-24(17-4-7-26-8-5-17)13-20(18)6-2-1-3-19(25)23-20/h9-11,17-18H,1-8,12-13H2,(H,23,25)/t18-,20+/m0/s1. The predicted molar refractivity (Wildman–Crippen MR) is 93.9 cm³/mol. The molecule has 0 bridgehead atoms. The van der Waals surface area contributed by atoms with E-state index in [2.05, 4.69) is 10.2 Å². The molecule has 26 heavy (non-hydrogen) atoms. The summed E-state index contributed by atoms with van der Waals surface area (Å²) in [6.07, 6.45) is 5.14. The zero-order valence-corrected chi connectivity index (χ0v) is 15.0. The number of rotatable bonds is 2. The number of likely N-dealkylation sites (tertiary alicyclic amines) is 1. The van der Waals surface area contributed by atoms with Crippen LogP contribution in [0, 0.1) is 11.6 Å². The Morgan fingerprint density at radius 1 is 1.12 bits per heavy atom. The van der Waals surface area contributed by atoms with Crippen LogP contribution in [0.3, 0.4) is 0 Å². The second-order valence-electron chi connectivity index (χ2n) is 7.94. The minimum Gasteiger partial charge on any atom is -0.381 e. The van der Waals surface area contributed by atoms with Crippen LogP contribution >= 0.6 is 0 Å². The van der Waals surface area contributed by atoms with E-state index in [1.165, 1.54) is 12.1 Å². The van der Waals surface area contributed by atoms with E-state index in [1.54, 1.807) is 0 Å². The molecule has 3 heterocycles. The van der Waals surface area contributed by atoms with E-state index in [9.17, 15) is 13.6 Å². The highest BCUT2D eigenvalue weighted by Gasteiger charge is 2.50. The minimum absolute atomic E-state index is 0.0539.